The summed E-state index contributed by atoms with van der Waals surface area (Å²) in [6.07, 6.45) is 3.04. The van der Waals surface area contributed by atoms with Crippen LogP contribution < -0.4 is 11.1 Å². The van der Waals surface area contributed by atoms with E-state index in [1.54, 1.807) is 6.33 Å². The van der Waals surface area contributed by atoms with Gasteiger partial charge < -0.3 is 15.6 Å². The van der Waals surface area contributed by atoms with Crippen LogP contribution in [0.15, 0.2) is 17.1 Å². The molecule has 0 unspecified atom stereocenters. The number of nitrogens with two attached hydrogens (primary N) is 1. The molecule has 0 fully saturated rings. The molecule has 0 saturated heterocycles. The summed E-state index contributed by atoms with van der Waals surface area (Å²) in [6.45, 7) is 0.519. The van der Waals surface area contributed by atoms with Crippen LogP contribution in [0.2, 0.25) is 0 Å². The highest BCUT2D eigenvalue weighted by Gasteiger charge is 2.06. The first-order valence-corrected chi connectivity index (χ1v) is 5.30. The second-order valence-corrected chi connectivity index (χ2v) is 3.93. The molecular weight excluding hydrogens is 274 g/mol. The first-order chi connectivity index (χ1) is 7.68. The lowest BCUT2D eigenvalue weighted by molar-refractivity contribution is 0.809. The van der Waals surface area contributed by atoms with Gasteiger partial charge in [-0.3, -0.25) is 0 Å². The summed E-state index contributed by atoms with van der Waals surface area (Å²) in [5, 5.41) is 10.8. The molecule has 16 heavy (non-hydrogen) atoms. The average molecular weight is 284 g/mol. The second-order valence-electron chi connectivity index (χ2n) is 3.13. The van der Waals surface area contributed by atoms with Crippen LogP contribution in [0.1, 0.15) is 5.82 Å². The lowest BCUT2D eigenvalue weighted by atomic mass is 10.5. The van der Waals surface area contributed by atoms with Crippen LogP contribution in [0.25, 0.3) is 0 Å². The van der Waals surface area contributed by atoms with Crippen molar-refractivity contribution in [2.75, 3.05) is 11.1 Å². The summed E-state index contributed by atoms with van der Waals surface area (Å²) in [5.74, 6) is 1.84. The molecule has 0 aliphatic rings. The smallest absolute Gasteiger partial charge is 0.151 e. The molecule has 0 saturated carbocycles. The third-order valence-electron chi connectivity index (χ3n) is 2.04. The molecule has 0 aromatic carbocycles. The molecule has 0 aliphatic carbocycles. The van der Waals surface area contributed by atoms with Crippen LogP contribution in [0.5, 0.6) is 0 Å². The number of nitrogens with one attached hydrogen (secondary N) is 1. The zero-order valence-corrected chi connectivity index (χ0v) is 10.1. The van der Waals surface area contributed by atoms with Gasteiger partial charge >= 0.3 is 0 Å². The van der Waals surface area contributed by atoms with Gasteiger partial charge in [0.15, 0.2) is 5.82 Å². The Labute approximate surface area is 100 Å². The Balaban J connectivity index is 2.11. The molecule has 2 rings (SSSR count). The van der Waals surface area contributed by atoms with Crippen molar-refractivity contribution in [3.63, 3.8) is 0 Å². The zero-order chi connectivity index (χ0) is 11.5. The van der Waals surface area contributed by atoms with Crippen molar-refractivity contribution in [1.82, 2.24) is 24.7 Å². The van der Waals surface area contributed by atoms with Gasteiger partial charge in [-0.1, -0.05) is 0 Å². The number of anilines is 2. The first-order valence-electron chi connectivity index (χ1n) is 4.51. The Morgan fingerprint density at radius 2 is 2.31 bits per heavy atom. The molecule has 0 radical (unpaired) electrons. The fourth-order valence-corrected chi connectivity index (χ4v) is 1.48. The van der Waals surface area contributed by atoms with Crippen LogP contribution in [0, 0.1) is 0 Å². The van der Waals surface area contributed by atoms with E-state index in [4.69, 9.17) is 5.73 Å². The van der Waals surface area contributed by atoms with E-state index in [0.29, 0.717) is 22.7 Å². The third-order valence-corrected chi connectivity index (χ3v) is 2.82. The Bertz CT molecular complexity index is 495. The quantitative estimate of drug-likeness (QED) is 0.855. The number of nitrogens with zero attached hydrogens (tertiary/aromatic N) is 5. The van der Waals surface area contributed by atoms with Gasteiger partial charge in [0.25, 0.3) is 0 Å². The molecule has 0 bridgehead atoms. The summed E-state index contributed by atoms with van der Waals surface area (Å²) >= 11 is 3.31. The largest absolute Gasteiger partial charge is 0.383 e. The monoisotopic (exact) mass is 283 g/mol. The minimum absolute atomic E-state index is 0.399. The van der Waals surface area contributed by atoms with Gasteiger partial charge in [0.2, 0.25) is 0 Å². The maximum Gasteiger partial charge on any atom is 0.151 e. The minimum Gasteiger partial charge on any atom is -0.383 e. The molecule has 2 aromatic heterocycles. The van der Waals surface area contributed by atoms with Gasteiger partial charge in [0.1, 0.15) is 28.8 Å². The lowest BCUT2D eigenvalue weighted by Gasteiger charge is -2.07. The number of hydrogen-bond donors (Lipinski definition) is 2. The summed E-state index contributed by atoms with van der Waals surface area (Å²) in [4.78, 5) is 7.91. The minimum atomic E-state index is 0.399. The maximum absolute atomic E-state index is 5.63. The Morgan fingerprint density at radius 3 is 3.00 bits per heavy atom. The predicted octanol–water partition coefficient (Wildman–Crippen LogP) is 0.562. The predicted molar refractivity (Wildman–Crippen MR) is 62.5 cm³/mol. The van der Waals surface area contributed by atoms with Gasteiger partial charge in [-0.15, -0.1) is 10.2 Å². The standard InChI is InChI=1S/C8H10BrN7/c1-16-4-14-15-5(16)2-11-8-6(9)7(10)12-3-13-8/h3-4H,2H2,1H3,(H3,10,11,12,13). The second kappa shape index (κ2) is 4.44. The number of aromatic nitrogens is 5. The number of rotatable bonds is 3. The van der Waals surface area contributed by atoms with Crippen molar-refractivity contribution in [3.05, 3.63) is 23.0 Å². The highest BCUT2D eigenvalue weighted by Crippen LogP contribution is 2.23. The van der Waals surface area contributed by atoms with Crippen molar-refractivity contribution in [2.45, 2.75) is 6.54 Å². The van der Waals surface area contributed by atoms with E-state index in [2.05, 4.69) is 41.4 Å². The molecule has 7 nitrogen and oxygen atoms in total. The molecule has 84 valence electrons. The Kier molecular flexibility index (Phi) is 3.00. The third kappa shape index (κ3) is 2.11. The SMILES string of the molecule is Cn1cnnc1CNc1ncnc(N)c1Br. The molecule has 0 amide bonds. The number of hydrogen-bond acceptors (Lipinski definition) is 6. The highest BCUT2D eigenvalue weighted by atomic mass is 79.9. The molecular formula is C8H10BrN7. The van der Waals surface area contributed by atoms with E-state index >= 15 is 0 Å². The van der Waals surface area contributed by atoms with E-state index in [1.165, 1.54) is 6.33 Å². The van der Waals surface area contributed by atoms with Crippen LogP contribution in [0.3, 0.4) is 0 Å². The molecule has 8 heteroatoms. The van der Waals surface area contributed by atoms with Gasteiger partial charge in [0, 0.05) is 7.05 Å². The molecule has 2 aromatic rings. The molecule has 3 N–H and O–H groups in total. The van der Waals surface area contributed by atoms with Crippen LogP contribution in [0.4, 0.5) is 11.6 Å². The van der Waals surface area contributed by atoms with E-state index in [0.717, 1.165) is 5.82 Å². The average Bonchev–Trinajstić information content (AvgIpc) is 2.67. The van der Waals surface area contributed by atoms with E-state index in [9.17, 15) is 0 Å². The van der Waals surface area contributed by atoms with Gasteiger partial charge in [0.05, 0.1) is 6.54 Å². The summed E-state index contributed by atoms with van der Waals surface area (Å²) in [7, 11) is 1.88. The number of halogens is 1. The topological polar surface area (TPSA) is 94.5 Å². The summed E-state index contributed by atoms with van der Waals surface area (Å²) < 4.78 is 2.48. The van der Waals surface area contributed by atoms with Crippen LogP contribution in [-0.4, -0.2) is 24.7 Å². The Morgan fingerprint density at radius 1 is 1.50 bits per heavy atom. The normalized spacial score (nSPS) is 10.4. The van der Waals surface area contributed by atoms with Crippen molar-refractivity contribution < 1.29 is 0 Å². The number of nitrogen functional groups attached to an aromatic ring is 1. The van der Waals surface area contributed by atoms with Crippen molar-refractivity contribution >= 4 is 27.6 Å². The number of aryl methyl sites for hydroxylation is 1. The fourth-order valence-electron chi connectivity index (χ4n) is 1.14. The van der Waals surface area contributed by atoms with E-state index < -0.39 is 0 Å². The summed E-state index contributed by atoms with van der Waals surface area (Å²) in [5.41, 5.74) is 5.63. The van der Waals surface area contributed by atoms with E-state index in [1.807, 2.05) is 11.6 Å². The van der Waals surface area contributed by atoms with Gasteiger partial charge in [-0.05, 0) is 15.9 Å². The van der Waals surface area contributed by atoms with Crippen LogP contribution in [-0.2, 0) is 13.6 Å². The fraction of sp³-hybridized carbons (Fsp3) is 0.250. The lowest BCUT2D eigenvalue weighted by Crippen LogP contribution is -2.08. The van der Waals surface area contributed by atoms with Crippen molar-refractivity contribution in [3.8, 4) is 0 Å². The molecule has 0 spiro atoms. The molecule has 0 aliphatic heterocycles. The first kappa shape index (κ1) is 10.8. The Hall–Kier alpha value is -1.70. The summed E-state index contributed by atoms with van der Waals surface area (Å²) in [6, 6.07) is 0. The van der Waals surface area contributed by atoms with Crippen molar-refractivity contribution in [1.29, 1.82) is 0 Å². The zero-order valence-electron chi connectivity index (χ0n) is 8.55. The van der Waals surface area contributed by atoms with Gasteiger partial charge in [-0.2, -0.15) is 0 Å². The maximum atomic E-state index is 5.63. The van der Waals surface area contributed by atoms with Gasteiger partial charge in [-0.25, -0.2) is 9.97 Å². The molecule has 2 heterocycles. The highest BCUT2D eigenvalue weighted by molar-refractivity contribution is 9.10. The van der Waals surface area contributed by atoms with E-state index in [-0.39, 0.29) is 0 Å². The van der Waals surface area contributed by atoms with Crippen molar-refractivity contribution in [2.24, 2.45) is 7.05 Å². The molecule has 0 atom stereocenters. The van der Waals surface area contributed by atoms with Crippen LogP contribution >= 0.6 is 15.9 Å².